The maximum absolute atomic E-state index is 13.2. The molecule has 0 spiro atoms. The van der Waals surface area contributed by atoms with E-state index in [1.165, 1.54) is 4.90 Å². The van der Waals surface area contributed by atoms with Crippen LogP contribution in [-0.2, 0) is 9.53 Å². The topological polar surface area (TPSA) is 110 Å². The van der Waals surface area contributed by atoms with E-state index < -0.39 is 12.0 Å². The van der Waals surface area contributed by atoms with E-state index in [-0.39, 0.29) is 24.1 Å². The lowest BCUT2D eigenvalue weighted by Crippen LogP contribution is -2.38. The summed E-state index contributed by atoms with van der Waals surface area (Å²) in [6.45, 7) is 2.11. The van der Waals surface area contributed by atoms with Crippen LogP contribution in [0.15, 0.2) is 36.7 Å². The van der Waals surface area contributed by atoms with E-state index in [0.29, 0.717) is 18.7 Å². The molecule has 150 valence electrons. The molecule has 0 saturated carbocycles. The average Bonchev–Trinajstić information content (AvgIpc) is 3.30. The molecular formula is C20H21N5O4. The Morgan fingerprint density at radius 1 is 1.31 bits per heavy atom. The lowest BCUT2D eigenvalue weighted by molar-refractivity contribution is -0.138. The summed E-state index contributed by atoms with van der Waals surface area (Å²) in [7, 11) is 1.56. The van der Waals surface area contributed by atoms with Gasteiger partial charge >= 0.3 is 5.97 Å². The van der Waals surface area contributed by atoms with E-state index in [1.54, 1.807) is 31.1 Å². The quantitative estimate of drug-likeness (QED) is 0.702. The summed E-state index contributed by atoms with van der Waals surface area (Å²) in [4.78, 5) is 30.1. The van der Waals surface area contributed by atoms with Crippen LogP contribution in [0, 0.1) is 6.92 Å². The lowest BCUT2D eigenvalue weighted by atomic mass is 10.1. The summed E-state index contributed by atoms with van der Waals surface area (Å²) < 4.78 is 6.99. The van der Waals surface area contributed by atoms with Gasteiger partial charge < -0.3 is 14.7 Å². The minimum absolute atomic E-state index is 0.130. The van der Waals surface area contributed by atoms with Crippen LogP contribution in [0.3, 0.4) is 0 Å². The highest BCUT2D eigenvalue weighted by molar-refractivity contribution is 5.95. The molecular weight excluding hydrogens is 374 g/mol. The number of rotatable bonds is 5. The number of aliphatic carboxylic acids is 1. The highest BCUT2D eigenvalue weighted by atomic mass is 16.5. The summed E-state index contributed by atoms with van der Waals surface area (Å²) in [5.41, 5.74) is 1.60. The van der Waals surface area contributed by atoms with E-state index in [9.17, 15) is 14.7 Å². The first-order valence-electron chi connectivity index (χ1n) is 9.30. The molecule has 1 N–H and O–H groups in total. The minimum atomic E-state index is -0.950. The number of likely N-dealkylation sites (tertiary alicyclic amines) is 1. The molecule has 1 aliphatic heterocycles. The van der Waals surface area contributed by atoms with Gasteiger partial charge in [-0.05, 0) is 25.5 Å². The van der Waals surface area contributed by atoms with Crippen LogP contribution in [0.2, 0.25) is 0 Å². The Kier molecular flexibility index (Phi) is 4.98. The smallest absolute Gasteiger partial charge is 0.305 e. The molecule has 29 heavy (non-hydrogen) atoms. The lowest BCUT2D eigenvalue weighted by Gasteiger charge is -2.22. The van der Waals surface area contributed by atoms with Crippen LogP contribution >= 0.6 is 0 Å². The minimum Gasteiger partial charge on any atom is -0.481 e. The number of hydrogen-bond donors (Lipinski definition) is 1. The van der Waals surface area contributed by atoms with Crippen LogP contribution in [0.25, 0.3) is 16.5 Å². The van der Waals surface area contributed by atoms with Crippen molar-refractivity contribution in [1.82, 2.24) is 24.9 Å². The van der Waals surface area contributed by atoms with E-state index in [1.807, 2.05) is 24.3 Å². The van der Waals surface area contributed by atoms with Gasteiger partial charge in [-0.15, -0.1) is 5.10 Å². The number of carbonyl (C=O) groups excluding carboxylic acids is 1. The Morgan fingerprint density at radius 2 is 2.14 bits per heavy atom. The predicted molar refractivity (Wildman–Crippen MR) is 104 cm³/mol. The monoisotopic (exact) mass is 395 g/mol. The first kappa shape index (κ1) is 19.0. The van der Waals surface area contributed by atoms with Crippen molar-refractivity contribution >= 4 is 22.6 Å². The molecule has 9 heteroatoms. The van der Waals surface area contributed by atoms with Crippen molar-refractivity contribution < 1.29 is 19.4 Å². The van der Waals surface area contributed by atoms with Gasteiger partial charge in [-0.1, -0.05) is 17.3 Å². The fourth-order valence-corrected chi connectivity index (χ4v) is 3.87. The molecule has 1 fully saturated rings. The Labute approximate surface area is 166 Å². The molecule has 0 radical (unpaired) electrons. The third-order valence-corrected chi connectivity index (χ3v) is 5.36. The number of ether oxygens (including phenoxy) is 1. The van der Waals surface area contributed by atoms with Crippen LogP contribution in [0.1, 0.15) is 29.0 Å². The number of carboxylic acid groups (broad SMARTS) is 1. The summed E-state index contributed by atoms with van der Waals surface area (Å²) in [5, 5.41) is 19.4. The third-order valence-electron chi connectivity index (χ3n) is 5.36. The zero-order valence-electron chi connectivity index (χ0n) is 16.1. The molecule has 2 unspecified atom stereocenters. The second-order valence-electron chi connectivity index (χ2n) is 7.11. The van der Waals surface area contributed by atoms with Crippen LogP contribution in [0.4, 0.5) is 0 Å². The molecule has 2 atom stereocenters. The summed E-state index contributed by atoms with van der Waals surface area (Å²) in [6.07, 6.45) is 3.63. The molecule has 1 aliphatic rings. The first-order chi connectivity index (χ1) is 14.0. The molecule has 1 amide bonds. The number of methoxy groups -OCH3 is 1. The van der Waals surface area contributed by atoms with Crippen molar-refractivity contribution in [2.45, 2.75) is 31.9 Å². The molecule has 4 rings (SSSR count). The predicted octanol–water partition coefficient (Wildman–Crippen LogP) is 1.83. The number of aromatic nitrogens is 4. The van der Waals surface area contributed by atoms with Gasteiger partial charge in [0.1, 0.15) is 0 Å². The largest absolute Gasteiger partial charge is 0.481 e. The van der Waals surface area contributed by atoms with Gasteiger partial charge in [0.2, 0.25) is 0 Å². The van der Waals surface area contributed by atoms with Crippen molar-refractivity contribution in [1.29, 1.82) is 0 Å². The summed E-state index contributed by atoms with van der Waals surface area (Å²) >= 11 is 0. The number of hydrogen-bond acceptors (Lipinski definition) is 6. The molecule has 3 aromatic rings. The fraction of sp³-hybridized carbons (Fsp3) is 0.350. The number of fused-ring (bicyclic) bond motifs is 1. The van der Waals surface area contributed by atoms with E-state index in [0.717, 1.165) is 16.5 Å². The Morgan fingerprint density at radius 3 is 2.90 bits per heavy atom. The van der Waals surface area contributed by atoms with Gasteiger partial charge in [0.15, 0.2) is 5.69 Å². The summed E-state index contributed by atoms with van der Waals surface area (Å²) in [6, 6.07) is 7.21. The molecule has 0 aliphatic carbocycles. The van der Waals surface area contributed by atoms with Gasteiger partial charge in [0.25, 0.3) is 5.91 Å². The number of benzene rings is 1. The van der Waals surface area contributed by atoms with Crippen LogP contribution in [0.5, 0.6) is 0 Å². The Balaban J connectivity index is 1.69. The maximum Gasteiger partial charge on any atom is 0.305 e. The van der Waals surface area contributed by atoms with Gasteiger partial charge in [0, 0.05) is 42.9 Å². The molecule has 9 nitrogen and oxygen atoms in total. The molecule has 0 bridgehead atoms. The van der Waals surface area contributed by atoms with Crippen molar-refractivity contribution in [3.8, 4) is 5.69 Å². The zero-order chi connectivity index (χ0) is 20.5. The highest BCUT2D eigenvalue weighted by Crippen LogP contribution is 2.27. The molecule has 1 saturated heterocycles. The van der Waals surface area contributed by atoms with Gasteiger partial charge in [0.05, 0.1) is 23.9 Å². The van der Waals surface area contributed by atoms with Crippen molar-refractivity contribution in [3.05, 3.63) is 48.0 Å². The van der Waals surface area contributed by atoms with E-state index >= 15 is 0 Å². The maximum atomic E-state index is 13.2. The highest BCUT2D eigenvalue weighted by Gasteiger charge is 2.38. The number of amides is 1. The van der Waals surface area contributed by atoms with Crippen molar-refractivity contribution in [2.24, 2.45) is 0 Å². The molecule has 1 aromatic carbocycles. The number of carboxylic acids is 1. The average molecular weight is 395 g/mol. The normalized spacial score (nSPS) is 19.0. The van der Waals surface area contributed by atoms with E-state index in [2.05, 4.69) is 15.3 Å². The van der Waals surface area contributed by atoms with Gasteiger partial charge in [-0.2, -0.15) is 0 Å². The molecule has 3 heterocycles. The van der Waals surface area contributed by atoms with Crippen LogP contribution in [-0.4, -0.2) is 67.7 Å². The third kappa shape index (κ3) is 3.44. The summed E-state index contributed by atoms with van der Waals surface area (Å²) in [5.74, 6) is -1.28. The standard InChI is InChI=1S/C20H21N5O4/c1-12-19(20(28)24-11-15(29-2)8-14(24)9-18(26)27)22-23-25(12)17-5-3-4-13-10-21-7-6-16(13)17/h3-7,10,14-15H,8-9,11H2,1-2H3,(H,26,27). The zero-order valence-corrected chi connectivity index (χ0v) is 16.1. The van der Waals surface area contributed by atoms with Crippen molar-refractivity contribution in [3.63, 3.8) is 0 Å². The second-order valence-corrected chi connectivity index (χ2v) is 7.11. The fourth-order valence-electron chi connectivity index (χ4n) is 3.87. The number of nitrogens with zero attached hydrogens (tertiary/aromatic N) is 5. The molecule has 2 aromatic heterocycles. The number of pyridine rings is 1. The SMILES string of the molecule is COC1CC(CC(=O)O)N(C(=O)c2nnn(-c3cccc4cnccc34)c2C)C1. The van der Waals surface area contributed by atoms with Gasteiger partial charge in [-0.25, -0.2) is 4.68 Å². The van der Waals surface area contributed by atoms with Gasteiger partial charge in [-0.3, -0.25) is 14.6 Å². The second kappa shape index (κ2) is 7.59. The van der Waals surface area contributed by atoms with E-state index in [4.69, 9.17) is 4.74 Å². The van der Waals surface area contributed by atoms with Crippen molar-refractivity contribution in [2.75, 3.05) is 13.7 Å². The number of carbonyl (C=O) groups is 2. The first-order valence-corrected chi connectivity index (χ1v) is 9.30. The Hall–Kier alpha value is -3.33. The Bertz CT molecular complexity index is 1070. The van der Waals surface area contributed by atoms with Crippen LogP contribution < -0.4 is 0 Å².